The van der Waals surface area contributed by atoms with Crippen molar-refractivity contribution in [1.29, 1.82) is 0 Å². The zero-order valence-electron chi connectivity index (χ0n) is 15.6. The Hall–Kier alpha value is -2.40. The fourth-order valence-electron chi connectivity index (χ4n) is 2.95. The molecule has 0 bridgehead atoms. The van der Waals surface area contributed by atoms with Gasteiger partial charge < -0.3 is 24.1 Å². The Morgan fingerprint density at radius 1 is 1.43 bits per heavy atom. The van der Waals surface area contributed by atoms with Gasteiger partial charge in [-0.15, -0.1) is 0 Å². The van der Waals surface area contributed by atoms with E-state index in [9.17, 15) is 4.55 Å². The van der Waals surface area contributed by atoms with Crippen LogP contribution in [0.4, 0.5) is 5.69 Å². The highest BCUT2D eigenvalue weighted by Gasteiger charge is 2.26. The summed E-state index contributed by atoms with van der Waals surface area (Å²) >= 11 is 0.0665. The fraction of sp³-hybridized carbons (Fsp3) is 0.278. The number of thiophene rings is 1. The number of aromatic nitrogens is 4. The Balaban J connectivity index is 1.96. The lowest BCUT2D eigenvalue weighted by molar-refractivity contribution is 0.217. The smallest absolute Gasteiger partial charge is 0.232 e. The largest absolute Gasteiger partial charge is 0.611 e. The summed E-state index contributed by atoms with van der Waals surface area (Å²) in [6, 6.07) is 3.66. The van der Waals surface area contributed by atoms with Crippen molar-refractivity contribution in [3.05, 3.63) is 30.4 Å². The molecular weight excluding hydrogens is 398 g/mol. The van der Waals surface area contributed by atoms with Crippen molar-refractivity contribution in [2.45, 2.75) is 11.1 Å². The molecule has 4 heterocycles. The highest BCUT2D eigenvalue weighted by Crippen LogP contribution is 2.43. The number of anilines is 1. The first kappa shape index (κ1) is 18.9. The normalized spacial score (nSPS) is 12.7. The molecule has 4 rings (SSSR count). The molecule has 2 N–H and O–H groups in total. The highest BCUT2D eigenvalue weighted by molar-refractivity contribution is 7.93. The van der Waals surface area contributed by atoms with Gasteiger partial charge in [0.25, 0.3) is 0 Å². The molecule has 0 aliphatic carbocycles. The maximum atomic E-state index is 12.7. The summed E-state index contributed by atoms with van der Waals surface area (Å²) in [7, 11) is 3.53. The van der Waals surface area contributed by atoms with Gasteiger partial charge in [-0.05, 0) is 13.0 Å². The van der Waals surface area contributed by atoms with E-state index in [0.29, 0.717) is 38.5 Å². The summed E-state index contributed by atoms with van der Waals surface area (Å²) in [6.07, 6.45) is 3.37. The SMILES string of the molecule is COCC[S+]([O-])c1sc2nc(-c3ccno3)cc(-c3cnc(C)n3C)c2c1N. The summed E-state index contributed by atoms with van der Waals surface area (Å²) in [5, 5.41) is 4.55. The molecule has 4 aromatic rings. The summed E-state index contributed by atoms with van der Waals surface area (Å²) in [5.74, 6) is 1.80. The van der Waals surface area contributed by atoms with Gasteiger partial charge >= 0.3 is 0 Å². The van der Waals surface area contributed by atoms with Gasteiger partial charge in [-0.1, -0.05) is 16.5 Å². The topological polar surface area (TPSA) is 115 Å². The summed E-state index contributed by atoms with van der Waals surface area (Å²) in [4.78, 5) is 9.79. The summed E-state index contributed by atoms with van der Waals surface area (Å²) in [5.41, 5.74) is 9.32. The number of methoxy groups -OCH3 is 1. The Bertz CT molecular complexity index is 1120. The predicted molar refractivity (Wildman–Crippen MR) is 110 cm³/mol. The Labute approximate surface area is 168 Å². The van der Waals surface area contributed by atoms with E-state index in [1.165, 1.54) is 11.3 Å². The molecule has 0 spiro atoms. The molecule has 0 amide bonds. The van der Waals surface area contributed by atoms with Gasteiger partial charge in [0, 0.05) is 42.3 Å². The van der Waals surface area contributed by atoms with E-state index in [2.05, 4.69) is 10.1 Å². The standard InChI is InChI=1S/C18H19N5O3S2/c1-10-20-9-13(23(10)2)11-8-12(14-4-5-21-26-14)22-17-15(11)16(19)18(27-17)28(24)7-6-25-3/h4-5,8-9H,6-7,19H2,1-3H3. The van der Waals surface area contributed by atoms with E-state index in [-0.39, 0.29) is 0 Å². The van der Waals surface area contributed by atoms with Gasteiger partial charge in [0.2, 0.25) is 4.21 Å². The van der Waals surface area contributed by atoms with Crippen LogP contribution in [0.25, 0.3) is 32.9 Å². The monoisotopic (exact) mass is 417 g/mol. The molecule has 1 atom stereocenters. The molecule has 0 saturated carbocycles. The van der Waals surface area contributed by atoms with Crippen LogP contribution in [0, 0.1) is 6.92 Å². The van der Waals surface area contributed by atoms with Crippen LogP contribution in [0.15, 0.2) is 33.3 Å². The van der Waals surface area contributed by atoms with Crippen molar-refractivity contribution in [3.63, 3.8) is 0 Å². The molecule has 4 aromatic heterocycles. The van der Waals surface area contributed by atoms with Crippen LogP contribution in [0.2, 0.25) is 0 Å². The molecular formula is C18H19N5O3S2. The number of ether oxygens (including phenoxy) is 1. The van der Waals surface area contributed by atoms with Gasteiger partial charge in [0.15, 0.2) is 5.76 Å². The first-order chi connectivity index (χ1) is 13.5. The zero-order valence-corrected chi connectivity index (χ0v) is 17.3. The Morgan fingerprint density at radius 2 is 2.25 bits per heavy atom. The van der Waals surface area contributed by atoms with E-state index < -0.39 is 11.2 Å². The lowest BCUT2D eigenvalue weighted by Gasteiger charge is -2.09. The van der Waals surface area contributed by atoms with Crippen molar-refractivity contribution >= 4 is 38.4 Å². The number of nitrogen functional groups attached to an aromatic ring is 1. The van der Waals surface area contributed by atoms with Gasteiger partial charge in [-0.25, -0.2) is 9.97 Å². The van der Waals surface area contributed by atoms with Crippen LogP contribution in [0.1, 0.15) is 5.82 Å². The number of nitrogens with zero attached hydrogens (tertiary/aromatic N) is 4. The molecule has 0 aliphatic heterocycles. The Kier molecular flexibility index (Phi) is 5.11. The molecule has 0 aliphatic rings. The van der Waals surface area contributed by atoms with Crippen molar-refractivity contribution < 1.29 is 13.8 Å². The van der Waals surface area contributed by atoms with E-state index in [4.69, 9.17) is 20.0 Å². The molecule has 0 fully saturated rings. The average Bonchev–Trinajstić information content (AvgIpc) is 3.41. The zero-order chi connectivity index (χ0) is 19.8. The van der Waals surface area contributed by atoms with E-state index >= 15 is 0 Å². The number of imidazole rings is 1. The lowest BCUT2D eigenvalue weighted by Crippen LogP contribution is -2.11. The molecule has 0 aromatic carbocycles. The fourth-order valence-corrected chi connectivity index (χ4v) is 5.51. The molecule has 8 nitrogen and oxygen atoms in total. The molecule has 146 valence electrons. The van der Waals surface area contributed by atoms with Crippen molar-refractivity contribution in [2.75, 3.05) is 25.2 Å². The number of aryl methyl sites for hydroxylation is 1. The highest BCUT2D eigenvalue weighted by atomic mass is 32.2. The number of fused-ring (bicyclic) bond motifs is 1. The van der Waals surface area contributed by atoms with Gasteiger partial charge in [0.05, 0.1) is 24.7 Å². The third kappa shape index (κ3) is 3.18. The summed E-state index contributed by atoms with van der Waals surface area (Å²) in [6.45, 7) is 2.33. The van der Waals surface area contributed by atoms with Gasteiger partial charge in [-0.3, -0.25) is 0 Å². The van der Waals surface area contributed by atoms with E-state index in [1.807, 2.05) is 24.6 Å². The third-order valence-corrected chi connectivity index (χ3v) is 7.40. The van der Waals surface area contributed by atoms with Crippen LogP contribution in [-0.2, 0) is 23.0 Å². The number of hydrogen-bond donors (Lipinski definition) is 1. The van der Waals surface area contributed by atoms with E-state index in [0.717, 1.165) is 22.5 Å². The van der Waals surface area contributed by atoms with Crippen LogP contribution in [0.3, 0.4) is 0 Å². The average molecular weight is 418 g/mol. The maximum absolute atomic E-state index is 12.7. The first-order valence-electron chi connectivity index (χ1n) is 8.51. The van der Waals surface area contributed by atoms with Crippen LogP contribution >= 0.6 is 11.3 Å². The van der Waals surface area contributed by atoms with Crippen LogP contribution in [0.5, 0.6) is 0 Å². The van der Waals surface area contributed by atoms with Gasteiger partial charge in [0.1, 0.15) is 27.8 Å². The Morgan fingerprint density at radius 3 is 2.89 bits per heavy atom. The lowest BCUT2D eigenvalue weighted by atomic mass is 10.1. The molecule has 28 heavy (non-hydrogen) atoms. The van der Waals surface area contributed by atoms with Crippen LogP contribution in [-0.4, -0.2) is 43.7 Å². The second-order valence-corrected chi connectivity index (χ2v) is 8.97. The number of pyridine rings is 1. The predicted octanol–water partition coefficient (Wildman–Crippen LogP) is 3.00. The third-order valence-electron chi connectivity index (χ3n) is 4.53. The van der Waals surface area contributed by atoms with Gasteiger partial charge in [-0.2, -0.15) is 0 Å². The molecule has 0 saturated heterocycles. The molecule has 1 unspecified atom stereocenters. The first-order valence-corrected chi connectivity index (χ1v) is 10.6. The molecule has 10 heteroatoms. The van der Waals surface area contributed by atoms with Crippen LogP contribution < -0.4 is 5.73 Å². The van der Waals surface area contributed by atoms with Crippen molar-refractivity contribution in [1.82, 2.24) is 19.7 Å². The number of hydrogen-bond acceptors (Lipinski definition) is 8. The number of rotatable bonds is 6. The second-order valence-electron chi connectivity index (χ2n) is 6.21. The maximum Gasteiger partial charge on any atom is 0.232 e. The van der Waals surface area contributed by atoms with E-state index in [1.54, 1.807) is 25.6 Å². The second kappa shape index (κ2) is 7.55. The van der Waals surface area contributed by atoms with Crippen molar-refractivity contribution in [2.24, 2.45) is 7.05 Å². The summed E-state index contributed by atoms with van der Waals surface area (Å²) < 4.78 is 25.6. The van der Waals surface area contributed by atoms with Crippen molar-refractivity contribution in [3.8, 4) is 22.7 Å². The minimum atomic E-state index is -1.27. The number of nitrogens with two attached hydrogens (primary N) is 1. The quantitative estimate of drug-likeness (QED) is 0.480. The molecule has 0 radical (unpaired) electrons. The minimum absolute atomic E-state index is 0.378. The minimum Gasteiger partial charge on any atom is -0.611 e.